The van der Waals surface area contributed by atoms with Gasteiger partial charge in [0, 0.05) is 23.2 Å². The Morgan fingerprint density at radius 3 is 2.61 bits per heavy atom. The quantitative estimate of drug-likeness (QED) is 0.852. The fourth-order valence-electron chi connectivity index (χ4n) is 1.74. The first-order chi connectivity index (χ1) is 11.0. The lowest BCUT2D eigenvalue weighted by Gasteiger charge is -2.07. The fourth-order valence-corrected chi connectivity index (χ4v) is 1.93. The number of halogens is 3. The van der Waals surface area contributed by atoms with Crippen LogP contribution in [0.15, 0.2) is 42.5 Å². The van der Waals surface area contributed by atoms with Crippen LogP contribution in [0.5, 0.6) is 0 Å². The Kier molecular flexibility index (Phi) is 5.65. The summed E-state index contributed by atoms with van der Waals surface area (Å²) in [6.45, 7) is -0.659. The van der Waals surface area contributed by atoms with Gasteiger partial charge >= 0.3 is 5.97 Å². The van der Waals surface area contributed by atoms with E-state index in [1.807, 2.05) is 0 Å². The highest BCUT2D eigenvalue weighted by Gasteiger charge is 2.11. The van der Waals surface area contributed by atoms with Gasteiger partial charge in [0.25, 0.3) is 5.91 Å². The van der Waals surface area contributed by atoms with E-state index in [4.69, 9.17) is 16.3 Å². The second-order valence-corrected chi connectivity index (χ2v) is 5.04. The van der Waals surface area contributed by atoms with Crippen LogP contribution >= 0.6 is 11.6 Å². The molecule has 0 heterocycles. The second kappa shape index (κ2) is 7.69. The minimum atomic E-state index is -0.763. The van der Waals surface area contributed by atoms with Crippen LogP contribution in [0.4, 0.5) is 8.78 Å². The Labute approximate surface area is 136 Å². The summed E-state index contributed by atoms with van der Waals surface area (Å²) < 4.78 is 31.0. The van der Waals surface area contributed by atoms with Gasteiger partial charge < -0.3 is 10.1 Å². The number of carbonyl (C=O) groups excluding carboxylic acids is 2. The Morgan fingerprint density at radius 1 is 1.13 bits per heavy atom. The molecule has 0 aliphatic rings. The van der Waals surface area contributed by atoms with Crippen LogP contribution in [0.1, 0.15) is 15.9 Å². The molecule has 4 nitrogen and oxygen atoms in total. The maximum atomic E-state index is 13.4. The van der Waals surface area contributed by atoms with Gasteiger partial charge in [-0.15, -0.1) is 0 Å². The lowest BCUT2D eigenvalue weighted by molar-refractivity contribution is -0.124. The highest BCUT2D eigenvalue weighted by molar-refractivity contribution is 6.30. The molecule has 2 aromatic rings. The Hall–Kier alpha value is -2.47. The van der Waals surface area contributed by atoms with E-state index in [1.165, 1.54) is 18.2 Å². The van der Waals surface area contributed by atoms with Gasteiger partial charge in [0.2, 0.25) is 0 Å². The zero-order valence-corrected chi connectivity index (χ0v) is 12.6. The highest BCUT2D eigenvalue weighted by Crippen LogP contribution is 2.11. The van der Waals surface area contributed by atoms with Gasteiger partial charge in [0.15, 0.2) is 6.61 Å². The first kappa shape index (κ1) is 16.9. The predicted octanol–water partition coefficient (Wildman–Crippen LogP) is 3.09. The SMILES string of the molecule is O=C(COC(=O)c1cccc(Cl)c1)NCc1ccc(F)cc1F. The minimum Gasteiger partial charge on any atom is -0.452 e. The average molecular weight is 340 g/mol. The summed E-state index contributed by atoms with van der Waals surface area (Å²) >= 11 is 5.75. The third-order valence-corrected chi connectivity index (χ3v) is 3.12. The maximum Gasteiger partial charge on any atom is 0.338 e. The molecule has 0 radical (unpaired) electrons. The van der Waals surface area contributed by atoms with Gasteiger partial charge in [-0.1, -0.05) is 23.7 Å². The van der Waals surface area contributed by atoms with Crippen molar-refractivity contribution in [3.63, 3.8) is 0 Å². The summed E-state index contributed by atoms with van der Waals surface area (Å²) in [6, 6.07) is 9.13. The van der Waals surface area contributed by atoms with Gasteiger partial charge in [-0.3, -0.25) is 4.79 Å². The number of carbonyl (C=O) groups is 2. The molecule has 0 aliphatic carbocycles. The fraction of sp³-hybridized carbons (Fsp3) is 0.125. The van der Waals surface area contributed by atoms with Crippen LogP contribution in [-0.4, -0.2) is 18.5 Å². The molecule has 120 valence electrons. The number of benzene rings is 2. The molecule has 0 atom stereocenters. The lowest BCUT2D eigenvalue weighted by atomic mass is 10.2. The molecular formula is C16H12ClF2NO3. The van der Waals surface area contributed by atoms with E-state index in [1.54, 1.807) is 12.1 Å². The molecule has 0 unspecified atom stereocenters. The topological polar surface area (TPSA) is 55.4 Å². The second-order valence-electron chi connectivity index (χ2n) is 4.60. The van der Waals surface area contributed by atoms with Crippen molar-refractivity contribution in [2.24, 2.45) is 0 Å². The first-order valence-corrected chi connectivity index (χ1v) is 6.97. The number of hydrogen-bond donors (Lipinski definition) is 1. The molecule has 0 saturated heterocycles. The van der Waals surface area contributed by atoms with Crippen molar-refractivity contribution >= 4 is 23.5 Å². The van der Waals surface area contributed by atoms with Crippen LogP contribution in [0.25, 0.3) is 0 Å². The number of hydrogen-bond acceptors (Lipinski definition) is 3. The molecule has 0 aromatic heterocycles. The minimum absolute atomic E-state index is 0.126. The van der Waals surface area contributed by atoms with Crippen LogP contribution in [0, 0.1) is 11.6 Å². The summed E-state index contributed by atoms with van der Waals surface area (Å²) in [7, 11) is 0. The van der Waals surface area contributed by atoms with Gasteiger partial charge in [-0.2, -0.15) is 0 Å². The summed E-state index contributed by atoms with van der Waals surface area (Å²) in [6.07, 6.45) is 0. The summed E-state index contributed by atoms with van der Waals surface area (Å²) in [5.41, 5.74) is 0.343. The number of rotatable bonds is 5. The largest absolute Gasteiger partial charge is 0.452 e. The van der Waals surface area contributed by atoms with Crippen LogP contribution < -0.4 is 5.32 Å². The van der Waals surface area contributed by atoms with Crippen molar-refractivity contribution in [1.29, 1.82) is 0 Å². The van der Waals surface area contributed by atoms with Crippen molar-refractivity contribution in [1.82, 2.24) is 5.32 Å². The molecule has 0 saturated carbocycles. The third-order valence-electron chi connectivity index (χ3n) is 2.89. The molecule has 23 heavy (non-hydrogen) atoms. The van der Waals surface area contributed by atoms with E-state index in [-0.39, 0.29) is 17.7 Å². The summed E-state index contributed by atoms with van der Waals surface area (Å²) in [4.78, 5) is 23.3. The van der Waals surface area contributed by atoms with Crippen LogP contribution in [0.2, 0.25) is 5.02 Å². The standard InChI is InChI=1S/C16H12ClF2NO3/c17-12-3-1-2-10(6-12)16(22)23-9-15(21)20-8-11-4-5-13(18)7-14(11)19/h1-7H,8-9H2,(H,20,21). The van der Waals surface area contributed by atoms with Gasteiger partial charge in [0.05, 0.1) is 5.56 Å². The smallest absolute Gasteiger partial charge is 0.338 e. The van der Waals surface area contributed by atoms with Crippen LogP contribution in [-0.2, 0) is 16.1 Å². The zero-order chi connectivity index (χ0) is 16.8. The number of esters is 1. The van der Waals surface area contributed by atoms with Gasteiger partial charge in [-0.05, 0) is 24.3 Å². The van der Waals surface area contributed by atoms with E-state index in [0.29, 0.717) is 5.02 Å². The van der Waals surface area contributed by atoms with Gasteiger partial charge in [0.1, 0.15) is 11.6 Å². The molecule has 0 spiro atoms. The molecule has 2 rings (SSSR count). The monoisotopic (exact) mass is 339 g/mol. The normalized spacial score (nSPS) is 10.2. The maximum absolute atomic E-state index is 13.4. The van der Waals surface area contributed by atoms with Crippen molar-refractivity contribution in [2.45, 2.75) is 6.54 Å². The number of nitrogens with one attached hydrogen (secondary N) is 1. The molecule has 7 heteroatoms. The number of amides is 1. The molecule has 1 N–H and O–H groups in total. The summed E-state index contributed by atoms with van der Waals surface area (Å²) in [5.74, 6) is -2.77. The summed E-state index contributed by atoms with van der Waals surface area (Å²) in [5, 5.41) is 2.74. The van der Waals surface area contributed by atoms with Crippen molar-refractivity contribution in [3.8, 4) is 0 Å². The van der Waals surface area contributed by atoms with E-state index >= 15 is 0 Å². The predicted molar refractivity (Wildman–Crippen MR) is 79.9 cm³/mol. The van der Waals surface area contributed by atoms with E-state index in [9.17, 15) is 18.4 Å². The first-order valence-electron chi connectivity index (χ1n) is 6.59. The van der Waals surface area contributed by atoms with E-state index in [0.717, 1.165) is 12.1 Å². The molecule has 0 bridgehead atoms. The van der Waals surface area contributed by atoms with Crippen LogP contribution in [0.3, 0.4) is 0 Å². The highest BCUT2D eigenvalue weighted by atomic mass is 35.5. The lowest BCUT2D eigenvalue weighted by Crippen LogP contribution is -2.28. The Bertz CT molecular complexity index is 737. The average Bonchev–Trinajstić information content (AvgIpc) is 2.51. The van der Waals surface area contributed by atoms with Gasteiger partial charge in [-0.25, -0.2) is 13.6 Å². The van der Waals surface area contributed by atoms with E-state index in [2.05, 4.69) is 5.32 Å². The third kappa shape index (κ3) is 5.03. The van der Waals surface area contributed by atoms with Crippen molar-refractivity contribution in [3.05, 3.63) is 70.2 Å². The number of ether oxygens (including phenoxy) is 1. The molecular weight excluding hydrogens is 328 g/mol. The van der Waals surface area contributed by atoms with Crippen molar-refractivity contribution < 1.29 is 23.1 Å². The molecule has 0 fully saturated rings. The Morgan fingerprint density at radius 2 is 1.91 bits per heavy atom. The molecule has 0 aliphatic heterocycles. The molecule has 2 aromatic carbocycles. The van der Waals surface area contributed by atoms with Crippen molar-refractivity contribution in [2.75, 3.05) is 6.61 Å². The molecule has 1 amide bonds. The Balaban J connectivity index is 1.82. The van der Waals surface area contributed by atoms with E-state index < -0.39 is 30.1 Å². The zero-order valence-electron chi connectivity index (χ0n) is 11.8.